The average Bonchev–Trinajstić information content (AvgIpc) is 1.57. The molecule has 0 atom stereocenters. The Bertz CT molecular complexity index is 8420. The third-order valence-electron chi connectivity index (χ3n) is 24.1. The van der Waals surface area contributed by atoms with Crippen molar-refractivity contribution in [2.24, 2.45) is 0 Å². The molecule has 26 aromatic rings. The van der Waals surface area contributed by atoms with Gasteiger partial charge in [-0.05, 0) is 191 Å². The molecule has 0 radical (unpaired) electrons. The van der Waals surface area contributed by atoms with Gasteiger partial charge in [0.05, 0.1) is 88.3 Å². The second kappa shape index (κ2) is 25.3. The Morgan fingerprint density at radius 2 is 0.402 bits per heavy atom. The van der Waals surface area contributed by atoms with Gasteiger partial charge in [0, 0.05) is 81.7 Å². The molecule has 0 spiro atoms. The van der Waals surface area contributed by atoms with Crippen molar-refractivity contribution in [3.8, 4) is 62.3 Å². The summed E-state index contributed by atoms with van der Waals surface area (Å²) in [5.41, 5.74) is 29.5. The molecule has 0 aliphatic carbocycles. The lowest BCUT2D eigenvalue weighted by Crippen LogP contribution is -2.06. The van der Waals surface area contributed by atoms with Crippen molar-refractivity contribution in [3.63, 3.8) is 0 Å². The largest absolute Gasteiger partial charge is 0.309 e. The first-order valence-electron chi connectivity index (χ1n) is 39.8. The lowest BCUT2D eigenvalue weighted by molar-refractivity contribution is 0.979. The Morgan fingerprint density at radius 1 is 0.145 bits per heavy atom. The van der Waals surface area contributed by atoms with Gasteiger partial charge in [-0.15, -0.1) is 0 Å². The number of benzene rings is 17. The molecule has 0 N–H and O–H groups in total. The highest BCUT2D eigenvalue weighted by molar-refractivity contribution is 6.16. The van der Waals surface area contributed by atoms with E-state index in [1.807, 2.05) is 12.1 Å². The molecule has 0 aliphatic heterocycles. The summed E-state index contributed by atoms with van der Waals surface area (Å²) < 4.78 is 16.3. The second-order valence-electron chi connectivity index (χ2n) is 30.5. The Labute approximate surface area is 668 Å². The Hall–Kier alpha value is -16.0. The lowest BCUT2D eigenvalue weighted by Gasteiger charge is -2.16. The van der Waals surface area contributed by atoms with Gasteiger partial charge in [-0.2, -0.15) is 0 Å². The van der Waals surface area contributed by atoms with E-state index >= 15 is 0 Å². The van der Waals surface area contributed by atoms with Crippen LogP contribution in [0, 0.1) is 0 Å². The highest BCUT2D eigenvalue weighted by Gasteiger charge is 2.25. The van der Waals surface area contributed by atoms with Gasteiger partial charge < -0.3 is 13.7 Å². The molecule has 17 aromatic carbocycles. The molecule has 11 heteroatoms. The highest BCUT2D eigenvalue weighted by Crippen LogP contribution is 2.44. The summed E-state index contributed by atoms with van der Waals surface area (Å²) in [4.78, 5) is 21.0. The third kappa shape index (κ3) is 9.75. The Balaban J connectivity index is 0.000000132. The minimum atomic E-state index is 0.813. The molecule has 0 aliphatic rings. The monoisotopic (exact) mass is 1490 g/mol. The average molecular weight is 1490 g/mol. The molecule has 0 unspecified atom stereocenters. The summed E-state index contributed by atoms with van der Waals surface area (Å²) in [6.07, 6.45) is 0. The maximum atomic E-state index is 5.41. The maximum absolute atomic E-state index is 5.41. The predicted octanol–water partition coefficient (Wildman–Crippen LogP) is 26.6. The van der Waals surface area contributed by atoms with Crippen LogP contribution in [-0.4, -0.2) is 51.6 Å². The summed E-state index contributed by atoms with van der Waals surface area (Å²) >= 11 is 0. The van der Waals surface area contributed by atoms with Crippen molar-refractivity contribution in [1.82, 2.24) is 51.6 Å². The van der Waals surface area contributed by atoms with Gasteiger partial charge in [0.15, 0.2) is 0 Å². The molecular formula is C106H65N11. The fourth-order valence-corrected chi connectivity index (χ4v) is 19.0. The molecule has 0 bridgehead atoms. The number of rotatable bonds is 8. The van der Waals surface area contributed by atoms with Crippen LogP contribution in [0.25, 0.3) is 227 Å². The smallest absolute Gasteiger partial charge is 0.221 e. The fourth-order valence-electron chi connectivity index (χ4n) is 19.0. The van der Waals surface area contributed by atoms with E-state index in [0.29, 0.717) is 0 Å². The molecule has 9 aromatic heterocycles. The quantitative estimate of drug-likeness (QED) is 0.152. The minimum Gasteiger partial charge on any atom is -0.309 e. The number of hydrogen-bond donors (Lipinski definition) is 0. The van der Waals surface area contributed by atoms with E-state index in [0.717, 1.165) is 122 Å². The van der Waals surface area contributed by atoms with Crippen LogP contribution in [0.15, 0.2) is 394 Å². The van der Waals surface area contributed by atoms with E-state index in [4.69, 9.17) is 19.9 Å². The standard InChI is InChI=1S/C56H34N6.C50H31N5/c1-7-21-46-44(20-1)55-57-47-22-8-14-28-54(47)62(55)56(58-46)61-52-27-13-6-19-43(52)45-33-35(29-30-53(45)61)36-31-37(59-48-23-9-2-15-39(48)40-16-3-10-24-49(40)59)34-38(32-36)60-50-25-11-4-17-41(50)42-18-5-12-26-51(42)60;1-2-12-36(13-3-1)53-44-19-9-5-14-37(44)40-30-34(26-28-46(40)53)32-22-24-33(25-23-32)35-27-29-47-41(31-35)38-15-6-10-20-45(38)54(47)50-52-42-17-7-4-16-39(42)49-51-43-18-8-11-21-48(43)55(49)50/h1-34H;1-31H. The summed E-state index contributed by atoms with van der Waals surface area (Å²) in [5.74, 6) is 1.64. The molecule has 11 nitrogen and oxygen atoms in total. The van der Waals surface area contributed by atoms with Crippen LogP contribution in [-0.2, 0) is 0 Å². The zero-order valence-electron chi connectivity index (χ0n) is 62.9. The summed E-state index contributed by atoms with van der Waals surface area (Å²) in [5, 5.41) is 14.2. The van der Waals surface area contributed by atoms with Crippen LogP contribution in [0.1, 0.15) is 0 Å². The van der Waals surface area contributed by atoms with Crippen molar-refractivity contribution in [2.45, 2.75) is 0 Å². The minimum absolute atomic E-state index is 0.813. The van der Waals surface area contributed by atoms with Crippen LogP contribution < -0.4 is 0 Å². The molecular weight excluding hydrogens is 1430 g/mol. The van der Waals surface area contributed by atoms with Crippen LogP contribution in [0.4, 0.5) is 0 Å². The Morgan fingerprint density at radius 3 is 0.769 bits per heavy atom. The maximum Gasteiger partial charge on any atom is 0.221 e. The van der Waals surface area contributed by atoms with Crippen molar-refractivity contribution >= 4 is 164 Å². The molecule has 26 rings (SSSR count). The number of para-hydroxylation sites is 14. The van der Waals surface area contributed by atoms with E-state index in [1.165, 1.54) is 104 Å². The summed E-state index contributed by atoms with van der Waals surface area (Å²) in [7, 11) is 0. The van der Waals surface area contributed by atoms with Crippen LogP contribution in [0.3, 0.4) is 0 Å². The van der Waals surface area contributed by atoms with E-state index in [2.05, 4.69) is 414 Å². The van der Waals surface area contributed by atoms with Crippen molar-refractivity contribution < 1.29 is 0 Å². The molecule has 0 saturated heterocycles. The van der Waals surface area contributed by atoms with E-state index in [9.17, 15) is 0 Å². The molecule has 117 heavy (non-hydrogen) atoms. The molecule has 0 saturated carbocycles. The first kappa shape index (κ1) is 64.7. The van der Waals surface area contributed by atoms with Crippen LogP contribution in [0.5, 0.6) is 0 Å². The fraction of sp³-hybridized carbons (Fsp3) is 0. The van der Waals surface area contributed by atoms with Crippen molar-refractivity contribution in [2.75, 3.05) is 0 Å². The number of fused-ring (bicyclic) bond motifs is 25. The van der Waals surface area contributed by atoms with Crippen molar-refractivity contribution in [3.05, 3.63) is 394 Å². The van der Waals surface area contributed by atoms with Gasteiger partial charge in [-0.1, -0.05) is 237 Å². The highest BCUT2D eigenvalue weighted by atomic mass is 15.2. The van der Waals surface area contributed by atoms with E-state index in [-0.39, 0.29) is 0 Å². The van der Waals surface area contributed by atoms with Gasteiger partial charge in [-0.25, -0.2) is 19.9 Å². The number of hydrogen-bond acceptors (Lipinski definition) is 4. The number of aromatic nitrogens is 11. The van der Waals surface area contributed by atoms with Gasteiger partial charge in [0.1, 0.15) is 11.3 Å². The van der Waals surface area contributed by atoms with Gasteiger partial charge in [0.2, 0.25) is 11.9 Å². The first-order chi connectivity index (χ1) is 58.0. The predicted molar refractivity (Wildman–Crippen MR) is 484 cm³/mol. The second-order valence-corrected chi connectivity index (χ2v) is 30.5. The van der Waals surface area contributed by atoms with Crippen molar-refractivity contribution in [1.29, 1.82) is 0 Å². The van der Waals surface area contributed by atoms with E-state index < -0.39 is 0 Å². The SMILES string of the molecule is c1ccc(-n2c3ccccc3c3cc(-c4ccc(-c5ccc6c(c5)c5ccccc5n6-c5nc6ccccc6c6nc7ccccc7n56)cc4)ccc32)cc1.c1ccc2c(c1)nc(-n1c3ccccc3c3cc(-c4cc(-n5c6ccccc6c6ccccc65)cc(-n5c6ccccc6c6ccccc65)c4)ccc31)n1c3ccccc3nc21. The van der Waals surface area contributed by atoms with Gasteiger partial charge >= 0.3 is 0 Å². The first-order valence-corrected chi connectivity index (χ1v) is 39.8. The number of nitrogens with zero attached hydrogens (tertiary/aromatic N) is 11. The zero-order valence-corrected chi connectivity index (χ0v) is 62.9. The molecule has 544 valence electrons. The topological polar surface area (TPSA) is 85.0 Å². The van der Waals surface area contributed by atoms with Crippen LogP contribution in [0.2, 0.25) is 0 Å². The molecule has 0 amide bonds. The van der Waals surface area contributed by atoms with Gasteiger partial charge in [0.25, 0.3) is 0 Å². The van der Waals surface area contributed by atoms with Crippen LogP contribution >= 0.6 is 0 Å². The zero-order chi connectivity index (χ0) is 76.5. The van der Waals surface area contributed by atoms with Gasteiger partial charge in [-0.3, -0.25) is 17.9 Å². The van der Waals surface area contributed by atoms with E-state index in [1.54, 1.807) is 0 Å². The molecule has 0 fully saturated rings. The summed E-state index contributed by atoms with van der Waals surface area (Å²) in [6, 6.07) is 142. The molecule has 9 heterocycles. The number of imidazole rings is 2. The Kier molecular flexibility index (Phi) is 14.0. The third-order valence-corrected chi connectivity index (χ3v) is 24.1. The normalized spacial score (nSPS) is 12.1. The lowest BCUT2D eigenvalue weighted by atomic mass is 9.98. The summed E-state index contributed by atoms with van der Waals surface area (Å²) in [6.45, 7) is 0.